The number of hydrogen-bond donors (Lipinski definition) is 1. The maximum Gasteiger partial charge on any atom is 0.226 e. The van der Waals surface area contributed by atoms with Crippen LogP contribution >= 0.6 is 0 Å². The molecule has 0 aromatic carbocycles. The normalized spacial score (nSPS) is 45.2. The molecule has 3 saturated carbocycles. The minimum absolute atomic E-state index is 0.428. The van der Waals surface area contributed by atoms with E-state index in [1.165, 1.54) is 32.1 Å². The lowest BCUT2D eigenvalue weighted by Crippen LogP contribution is -2.42. The zero-order chi connectivity index (χ0) is 13.7. The van der Waals surface area contributed by atoms with Crippen molar-refractivity contribution in [3.05, 3.63) is 0 Å². The molecule has 5 unspecified atom stereocenters. The Bertz CT molecular complexity index is 374. The van der Waals surface area contributed by atoms with E-state index in [0.717, 1.165) is 49.9 Å². The van der Waals surface area contributed by atoms with Crippen LogP contribution in [0.4, 0.5) is 0 Å². The summed E-state index contributed by atoms with van der Waals surface area (Å²) in [7, 11) is 0. The third kappa shape index (κ3) is 2.01. The number of nitrogens with zero attached hydrogens (tertiary/aromatic N) is 1. The van der Waals surface area contributed by atoms with E-state index in [-0.39, 0.29) is 0 Å². The van der Waals surface area contributed by atoms with Crippen molar-refractivity contribution in [1.82, 2.24) is 10.2 Å². The minimum atomic E-state index is 0.428. The van der Waals surface area contributed by atoms with Crippen LogP contribution in [0.5, 0.6) is 0 Å². The number of carbonyl (C=O) groups excluding carboxylic acids is 1. The highest BCUT2D eigenvalue weighted by atomic mass is 16.2. The van der Waals surface area contributed by atoms with Crippen LogP contribution in [0.3, 0.4) is 0 Å². The molecule has 4 rings (SSSR count). The molecule has 1 saturated heterocycles. The molecule has 3 nitrogen and oxygen atoms in total. The molecule has 1 aliphatic heterocycles. The summed E-state index contributed by atoms with van der Waals surface area (Å²) in [6.45, 7) is 6.31. The number of fused-ring (bicyclic) bond motifs is 5. The summed E-state index contributed by atoms with van der Waals surface area (Å²) in [5.41, 5.74) is 0. The molecule has 3 heteroatoms. The second-order valence-electron chi connectivity index (χ2n) is 7.60. The van der Waals surface area contributed by atoms with Gasteiger partial charge in [-0.1, -0.05) is 0 Å². The highest BCUT2D eigenvalue weighted by molar-refractivity contribution is 5.83. The first-order valence-electron chi connectivity index (χ1n) is 8.79. The molecule has 0 spiro atoms. The fourth-order valence-electron chi connectivity index (χ4n) is 5.63. The van der Waals surface area contributed by atoms with E-state index >= 15 is 0 Å². The van der Waals surface area contributed by atoms with Crippen molar-refractivity contribution in [2.45, 2.75) is 39.0 Å². The van der Waals surface area contributed by atoms with Crippen molar-refractivity contribution >= 4 is 5.91 Å². The maximum absolute atomic E-state index is 12.8. The van der Waals surface area contributed by atoms with Crippen molar-refractivity contribution in [3.8, 4) is 0 Å². The summed E-state index contributed by atoms with van der Waals surface area (Å²) in [5, 5.41) is 3.47. The van der Waals surface area contributed by atoms with Crippen molar-refractivity contribution in [3.63, 3.8) is 0 Å². The number of nitrogens with one attached hydrogen (secondary N) is 1. The Morgan fingerprint density at radius 1 is 1.20 bits per heavy atom. The van der Waals surface area contributed by atoms with Crippen molar-refractivity contribution in [2.75, 3.05) is 26.2 Å². The number of piperidine rings is 1. The first kappa shape index (κ1) is 13.1. The Balaban J connectivity index is 1.37. The van der Waals surface area contributed by atoms with E-state index in [0.29, 0.717) is 17.7 Å². The van der Waals surface area contributed by atoms with Gasteiger partial charge in [-0.25, -0.2) is 0 Å². The lowest BCUT2D eigenvalue weighted by molar-refractivity contribution is -0.134. The van der Waals surface area contributed by atoms with E-state index in [1.807, 2.05) is 0 Å². The number of hydrogen-bond acceptors (Lipinski definition) is 2. The van der Waals surface area contributed by atoms with Crippen LogP contribution in [-0.4, -0.2) is 37.0 Å². The van der Waals surface area contributed by atoms with Gasteiger partial charge in [0.05, 0.1) is 0 Å². The summed E-state index contributed by atoms with van der Waals surface area (Å²) in [6, 6.07) is 0. The standard InChI is InChI=1S/C17H28N2O/c1-2-19(10-11-4-3-7-18-9-11)17(20)16-14-12-5-6-13(8-12)15(14)16/h11-16,18H,2-10H2,1H3. The first-order chi connectivity index (χ1) is 9.79. The second kappa shape index (κ2) is 5.01. The second-order valence-corrected chi connectivity index (χ2v) is 7.60. The van der Waals surface area contributed by atoms with Crippen LogP contribution < -0.4 is 5.32 Å². The Morgan fingerprint density at radius 3 is 2.55 bits per heavy atom. The predicted octanol–water partition coefficient (Wildman–Crippen LogP) is 2.13. The van der Waals surface area contributed by atoms with E-state index in [9.17, 15) is 4.79 Å². The molecule has 1 amide bonds. The summed E-state index contributed by atoms with van der Waals surface area (Å²) in [6.07, 6.45) is 6.83. The molecular formula is C17H28N2O. The summed E-state index contributed by atoms with van der Waals surface area (Å²) < 4.78 is 0. The zero-order valence-corrected chi connectivity index (χ0v) is 12.7. The summed E-state index contributed by atoms with van der Waals surface area (Å²) in [4.78, 5) is 15.0. The summed E-state index contributed by atoms with van der Waals surface area (Å²) >= 11 is 0. The Morgan fingerprint density at radius 2 is 1.95 bits per heavy atom. The van der Waals surface area contributed by atoms with E-state index in [2.05, 4.69) is 17.1 Å². The Kier molecular flexibility index (Phi) is 3.29. The molecular weight excluding hydrogens is 248 g/mol. The molecule has 5 atom stereocenters. The summed E-state index contributed by atoms with van der Waals surface area (Å²) in [5.74, 6) is 5.02. The van der Waals surface area contributed by atoms with Crippen LogP contribution in [0, 0.1) is 35.5 Å². The molecule has 2 bridgehead atoms. The quantitative estimate of drug-likeness (QED) is 0.853. The van der Waals surface area contributed by atoms with Gasteiger partial charge >= 0.3 is 0 Å². The van der Waals surface area contributed by atoms with Gasteiger partial charge in [-0.2, -0.15) is 0 Å². The van der Waals surface area contributed by atoms with Gasteiger partial charge in [-0.3, -0.25) is 4.79 Å². The van der Waals surface area contributed by atoms with E-state index in [1.54, 1.807) is 0 Å². The Hall–Kier alpha value is -0.570. The molecule has 1 heterocycles. The van der Waals surface area contributed by atoms with Crippen LogP contribution in [0.15, 0.2) is 0 Å². The van der Waals surface area contributed by atoms with E-state index in [4.69, 9.17) is 0 Å². The molecule has 0 aromatic heterocycles. The SMILES string of the molecule is CCN(CC1CCCNC1)C(=O)C1C2C3CCC(C3)C12. The van der Waals surface area contributed by atoms with Gasteiger partial charge in [-0.05, 0) is 81.7 Å². The molecule has 4 aliphatic rings. The molecule has 4 fully saturated rings. The first-order valence-corrected chi connectivity index (χ1v) is 8.79. The number of amides is 1. The van der Waals surface area contributed by atoms with Gasteiger partial charge in [0, 0.05) is 19.0 Å². The van der Waals surface area contributed by atoms with Crippen LogP contribution in [0.25, 0.3) is 0 Å². The van der Waals surface area contributed by atoms with Crippen molar-refractivity contribution in [1.29, 1.82) is 0 Å². The highest BCUT2D eigenvalue weighted by Crippen LogP contribution is 2.69. The molecule has 0 aromatic rings. The smallest absolute Gasteiger partial charge is 0.226 e. The van der Waals surface area contributed by atoms with Gasteiger partial charge in [0.1, 0.15) is 0 Å². The average Bonchev–Trinajstić information content (AvgIpc) is 2.92. The predicted molar refractivity (Wildman–Crippen MR) is 79.1 cm³/mol. The van der Waals surface area contributed by atoms with Gasteiger partial charge in [0.25, 0.3) is 0 Å². The Labute approximate surface area is 122 Å². The van der Waals surface area contributed by atoms with Gasteiger partial charge in [-0.15, -0.1) is 0 Å². The zero-order valence-electron chi connectivity index (χ0n) is 12.7. The average molecular weight is 276 g/mol. The fraction of sp³-hybridized carbons (Fsp3) is 0.941. The number of rotatable bonds is 4. The number of carbonyl (C=O) groups is 1. The van der Waals surface area contributed by atoms with Gasteiger partial charge in [0.15, 0.2) is 0 Å². The maximum atomic E-state index is 12.8. The lowest BCUT2D eigenvalue weighted by Gasteiger charge is -2.30. The lowest BCUT2D eigenvalue weighted by atomic mass is 9.97. The molecule has 112 valence electrons. The molecule has 3 aliphatic carbocycles. The molecule has 0 radical (unpaired) electrons. The van der Waals surface area contributed by atoms with Gasteiger partial charge in [0.2, 0.25) is 5.91 Å². The van der Waals surface area contributed by atoms with Crippen LogP contribution in [0.2, 0.25) is 0 Å². The third-order valence-electron chi connectivity index (χ3n) is 6.59. The van der Waals surface area contributed by atoms with Crippen molar-refractivity contribution < 1.29 is 4.79 Å². The van der Waals surface area contributed by atoms with Crippen LogP contribution in [-0.2, 0) is 4.79 Å². The highest BCUT2D eigenvalue weighted by Gasteiger charge is 2.67. The fourth-order valence-corrected chi connectivity index (χ4v) is 5.63. The van der Waals surface area contributed by atoms with E-state index < -0.39 is 0 Å². The largest absolute Gasteiger partial charge is 0.342 e. The van der Waals surface area contributed by atoms with Crippen LogP contribution in [0.1, 0.15) is 39.0 Å². The minimum Gasteiger partial charge on any atom is -0.342 e. The monoisotopic (exact) mass is 276 g/mol. The van der Waals surface area contributed by atoms with Crippen molar-refractivity contribution in [2.24, 2.45) is 35.5 Å². The van der Waals surface area contributed by atoms with Gasteiger partial charge < -0.3 is 10.2 Å². The third-order valence-corrected chi connectivity index (χ3v) is 6.59. The molecule has 20 heavy (non-hydrogen) atoms. The topological polar surface area (TPSA) is 32.3 Å². The molecule has 1 N–H and O–H groups in total.